The Hall–Kier alpha value is -2.17. The second-order valence-electron chi connectivity index (χ2n) is 6.05. The van der Waals surface area contributed by atoms with Gasteiger partial charge in [0, 0.05) is 23.8 Å². The zero-order chi connectivity index (χ0) is 17.6. The third-order valence-corrected chi connectivity index (χ3v) is 4.50. The molecule has 0 bridgehead atoms. The molecule has 0 N–H and O–H groups in total. The molecule has 0 saturated carbocycles. The highest BCUT2D eigenvalue weighted by molar-refractivity contribution is 6.05. The normalized spacial score (nSPS) is 15.0. The summed E-state index contributed by atoms with van der Waals surface area (Å²) < 4.78 is 9.96. The van der Waals surface area contributed by atoms with Gasteiger partial charge in [-0.25, -0.2) is 0 Å². The fourth-order valence-corrected chi connectivity index (χ4v) is 3.30. The maximum atomic E-state index is 13.0. The van der Waals surface area contributed by atoms with Crippen LogP contribution < -0.4 is 0 Å². The van der Waals surface area contributed by atoms with Gasteiger partial charge in [-0.2, -0.15) is 0 Å². The predicted octanol–water partition coefficient (Wildman–Crippen LogP) is 3.10. The second kappa shape index (κ2) is 8.08. The quantitative estimate of drug-likeness (QED) is 0.684. The maximum Gasteiger partial charge on any atom is 0.305 e. The van der Waals surface area contributed by atoms with Crippen molar-refractivity contribution >= 4 is 17.7 Å². The third-order valence-electron chi connectivity index (χ3n) is 4.50. The highest BCUT2D eigenvalue weighted by Crippen LogP contribution is 2.44. The van der Waals surface area contributed by atoms with Crippen LogP contribution in [0.3, 0.4) is 0 Å². The van der Waals surface area contributed by atoms with Crippen LogP contribution in [0.2, 0.25) is 0 Å². The van der Waals surface area contributed by atoms with Gasteiger partial charge in [-0.15, -0.1) is 0 Å². The molecule has 1 aliphatic carbocycles. The maximum absolute atomic E-state index is 13.0. The Balaban J connectivity index is 2.15. The smallest absolute Gasteiger partial charge is 0.305 e. The third kappa shape index (κ3) is 4.02. The number of Topliss-reactive ketones (excluding diaryl/α,β-unsaturated/α-hetero) is 1. The van der Waals surface area contributed by atoms with Gasteiger partial charge in [-0.05, 0) is 38.7 Å². The molecule has 0 amide bonds. The van der Waals surface area contributed by atoms with Gasteiger partial charge >= 0.3 is 11.9 Å². The van der Waals surface area contributed by atoms with Crippen molar-refractivity contribution in [1.29, 1.82) is 0 Å². The molecular weight excluding hydrogens is 308 g/mol. The Kier molecular flexibility index (Phi) is 6.12. The van der Waals surface area contributed by atoms with Gasteiger partial charge in [-0.1, -0.05) is 24.3 Å². The first kappa shape index (κ1) is 18.2. The number of fused-ring (bicyclic) bond motifs is 1. The van der Waals surface area contributed by atoms with Gasteiger partial charge in [0.25, 0.3) is 0 Å². The highest BCUT2D eigenvalue weighted by atomic mass is 16.5. The van der Waals surface area contributed by atoms with E-state index < -0.39 is 5.41 Å². The molecule has 0 unspecified atom stereocenters. The zero-order valence-electron chi connectivity index (χ0n) is 14.3. The average molecular weight is 332 g/mol. The summed E-state index contributed by atoms with van der Waals surface area (Å²) in [5, 5.41) is 0. The lowest BCUT2D eigenvalue weighted by atomic mass is 9.75. The minimum Gasteiger partial charge on any atom is -0.466 e. The van der Waals surface area contributed by atoms with Crippen molar-refractivity contribution in [2.45, 2.75) is 46.0 Å². The van der Waals surface area contributed by atoms with Crippen molar-refractivity contribution in [1.82, 2.24) is 0 Å². The van der Waals surface area contributed by atoms with Crippen LogP contribution in [0.5, 0.6) is 0 Å². The molecule has 2 rings (SSSR count). The lowest BCUT2D eigenvalue weighted by Gasteiger charge is -2.26. The monoisotopic (exact) mass is 332 g/mol. The first-order valence-electron chi connectivity index (χ1n) is 8.46. The lowest BCUT2D eigenvalue weighted by molar-refractivity contribution is -0.143. The molecule has 0 aliphatic heterocycles. The Morgan fingerprint density at radius 3 is 2.04 bits per heavy atom. The van der Waals surface area contributed by atoms with Crippen molar-refractivity contribution in [3.63, 3.8) is 0 Å². The van der Waals surface area contributed by atoms with E-state index in [1.165, 1.54) is 0 Å². The summed E-state index contributed by atoms with van der Waals surface area (Å²) in [5.41, 5.74) is 0.962. The minimum atomic E-state index is -0.719. The van der Waals surface area contributed by atoms with Gasteiger partial charge in [0.1, 0.15) is 0 Å². The van der Waals surface area contributed by atoms with E-state index in [2.05, 4.69) is 0 Å². The van der Waals surface area contributed by atoms with Crippen LogP contribution in [-0.4, -0.2) is 30.9 Å². The van der Waals surface area contributed by atoms with Crippen LogP contribution in [0.15, 0.2) is 24.3 Å². The van der Waals surface area contributed by atoms with Crippen molar-refractivity contribution in [3.05, 3.63) is 35.4 Å². The lowest BCUT2D eigenvalue weighted by Crippen LogP contribution is -2.30. The molecule has 1 aromatic carbocycles. The Morgan fingerprint density at radius 1 is 1.00 bits per heavy atom. The van der Waals surface area contributed by atoms with E-state index in [1.54, 1.807) is 13.8 Å². The molecule has 130 valence electrons. The number of hydrogen-bond acceptors (Lipinski definition) is 5. The number of rotatable bonds is 8. The van der Waals surface area contributed by atoms with Crippen molar-refractivity contribution in [2.75, 3.05) is 13.2 Å². The standard InChI is InChI=1S/C19H24O5/c1-3-23-16(20)9-11-19(12-10-17(21)24-4-2)13-14-7-5-6-8-15(14)18(19)22/h5-8H,3-4,9-13H2,1-2H3. The van der Waals surface area contributed by atoms with Crippen LogP contribution in [0.4, 0.5) is 0 Å². The topological polar surface area (TPSA) is 69.7 Å². The van der Waals surface area contributed by atoms with Gasteiger partial charge in [0.2, 0.25) is 0 Å². The molecule has 0 fully saturated rings. The molecule has 0 saturated heterocycles. The predicted molar refractivity (Wildman–Crippen MR) is 88.6 cm³/mol. The van der Waals surface area contributed by atoms with Gasteiger partial charge < -0.3 is 9.47 Å². The number of hydrogen-bond donors (Lipinski definition) is 0. The first-order chi connectivity index (χ1) is 11.5. The average Bonchev–Trinajstić information content (AvgIpc) is 2.85. The fourth-order valence-electron chi connectivity index (χ4n) is 3.30. The molecule has 24 heavy (non-hydrogen) atoms. The molecule has 0 radical (unpaired) electrons. The molecule has 1 aliphatic rings. The van der Waals surface area contributed by atoms with Crippen molar-refractivity contribution < 1.29 is 23.9 Å². The number of ketones is 1. The fraction of sp³-hybridized carbons (Fsp3) is 0.526. The largest absolute Gasteiger partial charge is 0.466 e. The van der Waals surface area contributed by atoms with Crippen LogP contribution in [-0.2, 0) is 25.5 Å². The molecule has 5 nitrogen and oxygen atoms in total. The summed E-state index contributed by atoms with van der Waals surface area (Å²) in [6, 6.07) is 7.49. The number of esters is 2. The summed E-state index contributed by atoms with van der Waals surface area (Å²) >= 11 is 0. The van der Waals surface area contributed by atoms with E-state index in [0.29, 0.717) is 38.0 Å². The van der Waals surface area contributed by atoms with Crippen LogP contribution in [0.1, 0.15) is 55.5 Å². The Labute approximate surface area is 142 Å². The molecule has 1 aromatic rings. The van der Waals surface area contributed by atoms with E-state index in [-0.39, 0.29) is 30.6 Å². The summed E-state index contributed by atoms with van der Waals surface area (Å²) in [5.74, 6) is -0.597. The zero-order valence-corrected chi connectivity index (χ0v) is 14.3. The number of carbonyl (C=O) groups is 3. The molecule has 5 heteroatoms. The molecule has 0 heterocycles. The summed E-state index contributed by atoms with van der Waals surface area (Å²) in [4.78, 5) is 36.4. The summed E-state index contributed by atoms with van der Waals surface area (Å²) in [6.45, 7) is 4.15. The minimum absolute atomic E-state index is 0.0201. The SMILES string of the molecule is CCOC(=O)CCC1(CCC(=O)OCC)Cc2ccccc2C1=O. The first-order valence-corrected chi connectivity index (χ1v) is 8.46. The van der Waals surface area contributed by atoms with Gasteiger partial charge in [-0.3, -0.25) is 14.4 Å². The van der Waals surface area contributed by atoms with Crippen molar-refractivity contribution in [2.24, 2.45) is 5.41 Å². The van der Waals surface area contributed by atoms with E-state index in [1.807, 2.05) is 24.3 Å². The van der Waals surface area contributed by atoms with E-state index in [9.17, 15) is 14.4 Å². The van der Waals surface area contributed by atoms with Crippen LogP contribution >= 0.6 is 0 Å². The van der Waals surface area contributed by atoms with Gasteiger partial charge in [0.05, 0.1) is 13.2 Å². The molecule has 0 atom stereocenters. The Bertz CT molecular complexity index is 598. The van der Waals surface area contributed by atoms with E-state index in [0.717, 1.165) is 5.56 Å². The highest BCUT2D eigenvalue weighted by Gasteiger charge is 2.45. The number of benzene rings is 1. The Morgan fingerprint density at radius 2 is 1.54 bits per heavy atom. The second-order valence-corrected chi connectivity index (χ2v) is 6.05. The van der Waals surface area contributed by atoms with Crippen LogP contribution in [0, 0.1) is 5.41 Å². The molecule has 0 aromatic heterocycles. The summed E-state index contributed by atoms with van der Waals surface area (Å²) in [6.07, 6.45) is 1.69. The summed E-state index contributed by atoms with van der Waals surface area (Å²) in [7, 11) is 0. The number of ether oxygens (including phenoxy) is 2. The van der Waals surface area contributed by atoms with Crippen LogP contribution in [0.25, 0.3) is 0 Å². The molecule has 0 spiro atoms. The van der Waals surface area contributed by atoms with Gasteiger partial charge in [0.15, 0.2) is 5.78 Å². The number of carbonyl (C=O) groups excluding carboxylic acids is 3. The van der Waals surface area contributed by atoms with E-state index >= 15 is 0 Å². The van der Waals surface area contributed by atoms with E-state index in [4.69, 9.17) is 9.47 Å². The molecular formula is C19H24O5. The van der Waals surface area contributed by atoms with Crippen molar-refractivity contribution in [3.8, 4) is 0 Å².